The first kappa shape index (κ1) is 12.5. The summed E-state index contributed by atoms with van der Waals surface area (Å²) in [5, 5.41) is 9.48. The van der Waals surface area contributed by atoms with Gasteiger partial charge in [-0.3, -0.25) is 0 Å². The minimum atomic E-state index is -1.01. The number of hydrogen-bond acceptors (Lipinski definition) is 2. The third-order valence-electron chi connectivity index (χ3n) is 2.59. The van der Waals surface area contributed by atoms with Gasteiger partial charge in [-0.1, -0.05) is 41.9 Å². The number of methoxy groups -OCH3 is 1. The Bertz CT molecular complexity index is 579. The second-order valence-electron chi connectivity index (χ2n) is 3.71. The van der Waals surface area contributed by atoms with E-state index in [9.17, 15) is 4.79 Å². The lowest BCUT2D eigenvalue weighted by atomic mass is 10.0. The SMILES string of the molecule is COc1cc(C(=O)O)cc(-c2ccccc2)c1Cl. The Morgan fingerprint density at radius 3 is 2.44 bits per heavy atom. The highest BCUT2D eigenvalue weighted by Gasteiger charge is 2.14. The number of rotatable bonds is 3. The topological polar surface area (TPSA) is 46.5 Å². The number of carboxylic acids is 1. The Hall–Kier alpha value is -2.00. The number of carbonyl (C=O) groups is 1. The molecule has 2 aromatic rings. The van der Waals surface area contributed by atoms with Gasteiger partial charge in [-0.15, -0.1) is 0 Å². The summed E-state index contributed by atoms with van der Waals surface area (Å²) >= 11 is 6.20. The van der Waals surface area contributed by atoms with Crippen LogP contribution in [-0.4, -0.2) is 18.2 Å². The van der Waals surface area contributed by atoms with Crippen LogP contribution >= 0.6 is 11.6 Å². The number of hydrogen-bond donors (Lipinski definition) is 1. The smallest absolute Gasteiger partial charge is 0.335 e. The maximum Gasteiger partial charge on any atom is 0.335 e. The van der Waals surface area contributed by atoms with E-state index in [2.05, 4.69) is 0 Å². The molecule has 0 unspecified atom stereocenters. The average molecular weight is 263 g/mol. The lowest BCUT2D eigenvalue weighted by Gasteiger charge is -2.10. The number of carboxylic acid groups (broad SMARTS) is 1. The van der Waals surface area contributed by atoms with Gasteiger partial charge >= 0.3 is 5.97 Å². The van der Waals surface area contributed by atoms with E-state index >= 15 is 0 Å². The first-order chi connectivity index (χ1) is 8.63. The van der Waals surface area contributed by atoms with Crippen molar-refractivity contribution >= 4 is 17.6 Å². The normalized spacial score (nSPS) is 10.1. The van der Waals surface area contributed by atoms with E-state index in [1.807, 2.05) is 30.3 Å². The van der Waals surface area contributed by atoms with Crippen molar-refractivity contribution < 1.29 is 14.6 Å². The van der Waals surface area contributed by atoms with Crippen molar-refractivity contribution in [2.24, 2.45) is 0 Å². The zero-order chi connectivity index (χ0) is 13.1. The van der Waals surface area contributed by atoms with Gasteiger partial charge in [-0.05, 0) is 17.7 Å². The van der Waals surface area contributed by atoms with Crippen molar-refractivity contribution in [3.63, 3.8) is 0 Å². The summed E-state index contributed by atoms with van der Waals surface area (Å²) in [7, 11) is 1.46. The fourth-order valence-corrected chi connectivity index (χ4v) is 1.99. The monoisotopic (exact) mass is 262 g/mol. The second kappa shape index (κ2) is 5.10. The van der Waals surface area contributed by atoms with E-state index in [1.165, 1.54) is 13.2 Å². The Balaban J connectivity index is 2.66. The van der Waals surface area contributed by atoms with Gasteiger partial charge in [0.1, 0.15) is 5.75 Å². The summed E-state index contributed by atoms with van der Waals surface area (Å²) in [6, 6.07) is 12.3. The molecule has 2 aromatic carbocycles. The molecule has 2 rings (SSSR count). The molecule has 4 heteroatoms. The average Bonchev–Trinajstić information content (AvgIpc) is 2.39. The summed E-state index contributed by atoms with van der Waals surface area (Å²) in [4.78, 5) is 11.1. The molecular formula is C14H11ClO3. The first-order valence-electron chi connectivity index (χ1n) is 5.29. The van der Waals surface area contributed by atoms with Crippen LogP contribution in [0.25, 0.3) is 11.1 Å². The van der Waals surface area contributed by atoms with E-state index in [1.54, 1.807) is 6.07 Å². The number of benzene rings is 2. The second-order valence-corrected chi connectivity index (χ2v) is 4.09. The number of aromatic carboxylic acids is 1. The van der Waals surface area contributed by atoms with E-state index in [0.29, 0.717) is 16.3 Å². The Labute approximate surface area is 110 Å². The Morgan fingerprint density at radius 1 is 1.22 bits per heavy atom. The van der Waals surface area contributed by atoms with Crippen molar-refractivity contribution in [3.8, 4) is 16.9 Å². The van der Waals surface area contributed by atoms with E-state index in [0.717, 1.165) is 5.56 Å². The number of halogens is 1. The van der Waals surface area contributed by atoms with Crippen LogP contribution in [0, 0.1) is 0 Å². The third kappa shape index (κ3) is 2.31. The van der Waals surface area contributed by atoms with E-state index in [4.69, 9.17) is 21.4 Å². The summed E-state index contributed by atoms with van der Waals surface area (Å²) in [5.74, 6) is -0.655. The molecule has 0 heterocycles. The zero-order valence-electron chi connectivity index (χ0n) is 9.68. The third-order valence-corrected chi connectivity index (χ3v) is 2.98. The quantitative estimate of drug-likeness (QED) is 0.917. The highest BCUT2D eigenvalue weighted by molar-refractivity contribution is 6.35. The summed E-state index contributed by atoms with van der Waals surface area (Å²) in [6.45, 7) is 0. The Kier molecular flexibility index (Phi) is 3.53. The van der Waals surface area contributed by atoms with Crippen molar-refractivity contribution in [1.82, 2.24) is 0 Å². The highest BCUT2D eigenvalue weighted by Crippen LogP contribution is 2.36. The van der Waals surface area contributed by atoms with Crippen LogP contribution in [0.3, 0.4) is 0 Å². The van der Waals surface area contributed by atoms with Crippen LogP contribution in [0.15, 0.2) is 42.5 Å². The molecule has 0 saturated carbocycles. The fraction of sp³-hybridized carbons (Fsp3) is 0.0714. The molecule has 0 radical (unpaired) electrons. The molecule has 0 fully saturated rings. The zero-order valence-corrected chi connectivity index (χ0v) is 10.4. The predicted octanol–water partition coefficient (Wildman–Crippen LogP) is 3.71. The van der Waals surface area contributed by atoms with Gasteiger partial charge in [-0.25, -0.2) is 4.79 Å². The summed E-state index contributed by atoms with van der Waals surface area (Å²) in [6.07, 6.45) is 0. The molecule has 0 aliphatic rings. The van der Waals surface area contributed by atoms with Crippen LogP contribution < -0.4 is 4.74 Å². The minimum absolute atomic E-state index is 0.148. The molecule has 0 aliphatic heterocycles. The molecular weight excluding hydrogens is 252 g/mol. The molecule has 3 nitrogen and oxygen atoms in total. The molecule has 0 aliphatic carbocycles. The van der Waals surface area contributed by atoms with Gasteiger partial charge in [-0.2, -0.15) is 0 Å². The van der Waals surface area contributed by atoms with Crippen LogP contribution in [0.5, 0.6) is 5.75 Å². The molecule has 0 bridgehead atoms. The molecule has 0 atom stereocenters. The standard InChI is InChI=1S/C14H11ClO3/c1-18-12-8-10(14(16)17)7-11(13(12)15)9-5-3-2-4-6-9/h2-8H,1H3,(H,16,17). The molecule has 0 saturated heterocycles. The predicted molar refractivity (Wildman–Crippen MR) is 70.4 cm³/mol. The molecule has 1 N–H and O–H groups in total. The van der Waals surface area contributed by atoms with Crippen LogP contribution in [0.4, 0.5) is 0 Å². The van der Waals surface area contributed by atoms with Gasteiger partial charge in [0.25, 0.3) is 0 Å². The van der Waals surface area contributed by atoms with Crippen LogP contribution in [0.1, 0.15) is 10.4 Å². The van der Waals surface area contributed by atoms with Crippen molar-refractivity contribution in [2.45, 2.75) is 0 Å². The van der Waals surface area contributed by atoms with Crippen molar-refractivity contribution in [3.05, 3.63) is 53.1 Å². The molecule has 0 amide bonds. The van der Waals surface area contributed by atoms with Crippen LogP contribution in [-0.2, 0) is 0 Å². The van der Waals surface area contributed by atoms with E-state index < -0.39 is 5.97 Å². The van der Waals surface area contributed by atoms with Crippen molar-refractivity contribution in [2.75, 3.05) is 7.11 Å². The number of ether oxygens (including phenoxy) is 1. The molecule has 92 valence electrons. The lowest BCUT2D eigenvalue weighted by Crippen LogP contribution is -1.99. The summed E-state index contributed by atoms with van der Waals surface area (Å²) in [5.41, 5.74) is 1.65. The minimum Gasteiger partial charge on any atom is -0.495 e. The lowest BCUT2D eigenvalue weighted by molar-refractivity contribution is 0.0696. The molecule has 0 spiro atoms. The fourth-order valence-electron chi connectivity index (χ4n) is 1.70. The molecule has 18 heavy (non-hydrogen) atoms. The highest BCUT2D eigenvalue weighted by atomic mass is 35.5. The Morgan fingerprint density at radius 2 is 1.89 bits per heavy atom. The largest absolute Gasteiger partial charge is 0.495 e. The summed E-state index contributed by atoms with van der Waals surface area (Å²) < 4.78 is 5.10. The maximum absolute atomic E-state index is 11.1. The van der Waals surface area contributed by atoms with Gasteiger partial charge in [0.05, 0.1) is 17.7 Å². The maximum atomic E-state index is 11.1. The van der Waals surface area contributed by atoms with Crippen molar-refractivity contribution in [1.29, 1.82) is 0 Å². The van der Waals surface area contributed by atoms with Gasteiger partial charge in [0.15, 0.2) is 0 Å². The molecule has 0 aromatic heterocycles. The van der Waals surface area contributed by atoms with Gasteiger partial charge < -0.3 is 9.84 Å². The van der Waals surface area contributed by atoms with Crippen LogP contribution in [0.2, 0.25) is 5.02 Å². The van der Waals surface area contributed by atoms with Gasteiger partial charge in [0.2, 0.25) is 0 Å². The van der Waals surface area contributed by atoms with Gasteiger partial charge in [0, 0.05) is 5.56 Å². The van der Waals surface area contributed by atoms with E-state index in [-0.39, 0.29) is 5.56 Å². The first-order valence-corrected chi connectivity index (χ1v) is 5.67.